The van der Waals surface area contributed by atoms with Crippen molar-refractivity contribution in [2.75, 3.05) is 7.11 Å². The number of unbranched alkanes of at least 4 members (excludes halogenated alkanes) is 2. The van der Waals surface area contributed by atoms with E-state index >= 15 is 0 Å². The van der Waals surface area contributed by atoms with Crippen LogP contribution >= 0.6 is 0 Å². The number of benzene rings is 2. The van der Waals surface area contributed by atoms with Gasteiger partial charge < -0.3 is 4.74 Å². The maximum Gasteiger partial charge on any atom is 0.118 e. The molecule has 1 nitrogen and oxygen atoms in total. The van der Waals surface area contributed by atoms with Crippen molar-refractivity contribution in [2.45, 2.75) is 64.2 Å². The average Bonchev–Trinajstić information content (AvgIpc) is 2.69. The predicted octanol–water partition coefficient (Wildman–Crippen LogP) is 7.22. The monoisotopic (exact) mass is 336 g/mol. The topological polar surface area (TPSA) is 9.23 Å². The fraction of sp³-hybridized carbons (Fsp3) is 0.500. The van der Waals surface area contributed by atoms with E-state index < -0.39 is 0 Å². The SMILES string of the molecule is CCCCC[C@H]1CC[C@H](c2ccc(-c3ccc(OC)cc3)cc2)CC1. The third kappa shape index (κ3) is 4.87. The maximum absolute atomic E-state index is 5.24. The first-order valence-electron chi connectivity index (χ1n) is 10.0. The Bertz CT molecular complexity index is 618. The summed E-state index contributed by atoms with van der Waals surface area (Å²) in [5.41, 5.74) is 4.08. The van der Waals surface area contributed by atoms with Gasteiger partial charge in [0, 0.05) is 0 Å². The van der Waals surface area contributed by atoms with Crippen molar-refractivity contribution in [2.24, 2.45) is 5.92 Å². The van der Waals surface area contributed by atoms with Crippen LogP contribution in [0.25, 0.3) is 11.1 Å². The minimum Gasteiger partial charge on any atom is -0.497 e. The zero-order chi connectivity index (χ0) is 17.5. The van der Waals surface area contributed by atoms with Crippen molar-refractivity contribution in [1.82, 2.24) is 0 Å². The second-order valence-corrected chi connectivity index (χ2v) is 7.56. The summed E-state index contributed by atoms with van der Waals surface area (Å²) in [5.74, 6) is 2.67. The molecule has 1 saturated carbocycles. The van der Waals surface area contributed by atoms with Crippen LogP contribution in [0.3, 0.4) is 0 Å². The molecule has 0 unspecified atom stereocenters. The number of hydrogen-bond donors (Lipinski definition) is 0. The predicted molar refractivity (Wildman–Crippen MR) is 107 cm³/mol. The van der Waals surface area contributed by atoms with Crippen LogP contribution in [0.4, 0.5) is 0 Å². The van der Waals surface area contributed by atoms with E-state index in [9.17, 15) is 0 Å². The molecule has 2 aromatic carbocycles. The molecule has 0 bridgehead atoms. The minimum absolute atomic E-state index is 0.771. The maximum atomic E-state index is 5.24. The van der Waals surface area contributed by atoms with Gasteiger partial charge in [-0.2, -0.15) is 0 Å². The highest BCUT2D eigenvalue weighted by molar-refractivity contribution is 5.64. The van der Waals surface area contributed by atoms with Gasteiger partial charge in [0.2, 0.25) is 0 Å². The molecule has 0 saturated heterocycles. The molecule has 0 atom stereocenters. The fourth-order valence-electron chi connectivity index (χ4n) is 4.20. The summed E-state index contributed by atoms with van der Waals surface area (Å²) >= 11 is 0. The number of ether oxygens (including phenoxy) is 1. The molecule has 0 N–H and O–H groups in total. The molecule has 1 fully saturated rings. The minimum atomic E-state index is 0.771. The number of methoxy groups -OCH3 is 1. The van der Waals surface area contributed by atoms with Crippen LogP contribution in [0.15, 0.2) is 48.5 Å². The van der Waals surface area contributed by atoms with E-state index in [-0.39, 0.29) is 0 Å². The molecular formula is C24H32O. The van der Waals surface area contributed by atoms with E-state index in [0.717, 1.165) is 17.6 Å². The first-order valence-corrected chi connectivity index (χ1v) is 10.0. The molecule has 0 aliphatic heterocycles. The summed E-state index contributed by atoms with van der Waals surface area (Å²) in [4.78, 5) is 0. The van der Waals surface area contributed by atoms with Gasteiger partial charge in [-0.1, -0.05) is 69.0 Å². The van der Waals surface area contributed by atoms with Gasteiger partial charge in [0.05, 0.1) is 7.11 Å². The Morgan fingerprint density at radius 1 is 0.800 bits per heavy atom. The molecule has 0 spiro atoms. The fourth-order valence-corrected chi connectivity index (χ4v) is 4.20. The third-order valence-corrected chi connectivity index (χ3v) is 5.87. The van der Waals surface area contributed by atoms with Crippen molar-refractivity contribution in [3.05, 3.63) is 54.1 Å². The molecule has 0 radical (unpaired) electrons. The van der Waals surface area contributed by atoms with E-state index in [0.29, 0.717) is 0 Å². The lowest BCUT2D eigenvalue weighted by Crippen LogP contribution is -2.13. The average molecular weight is 337 g/mol. The van der Waals surface area contributed by atoms with Crippen molar-refractivity contribution < 1.29 is 4.74 Å². The molecule has 0 amide bonds. The van der Waals surface area contributed by atoms with Crippen molar-refractivity contribution >= 4 is 0 Å². The van der Waals surface area contributed by atoms with Crippen LogP contribution in [0.2, 0.25) is 0 Å². The summed E-state index contributed by atoms with van der Waals surface area (Å²) in [7, 11) is 1.71. The Balaban J connectivity index is 1.56. The van der Waals surface area contributed by atoms with Gasteiger partial charge in [-0.3, -0.25) is 0 Å². The summed E-state index contributed by atoms with van der Waals surface area (Å²) in [6.07, 6.45) is 11.2. The Labute approximate surface area is 153 Å². The van der Waals surface area contributed by atoms with Gasteiger partial charge in [0.1, 0.15) is 5.75 Å². The van der Waals surface area contributed by atoms with Gasteiger partial charge >= 0.3 is 0 Å². The highest BCUT2D eigenvalue weighted by Gasteiger charge is 2.21. The summed E-state index contributed by atoms with van der Waals surface area (Å²) < 4.78 is 5.24. The highest BCUT2D eigenvalue weighted by atomic mass is 16.5. The second kappa shape index (κ2) is 9.08. The summed E-state index contributed by atoms with van der Waals surface area (Å²) in [6, 6.07) is 17.6. The van der Waals surface area contributed by atoms with E-state index in [4.69, 9.17) is 4.74 Å². The normalized spacial score (nSPS) is 20.4. The van der Waals surface area contributed by atoms with E-state index in [1.807, 2.05) is 12.1 Å². The summed E-state index contributed by atoms with van der Waals surface area (Å²) in [5, 5.41) is 0. The van der Waals surface area contributed by atoms with E-state index in [1.54, 1.807) is 7.11 Å². The van der Waals surface area contributed by atoms with E-state index in [2.05, 4.69) is 43.3 Å². The number of hydrogen-bond acceptors (Lipinski definition) is 1. The zero-order valence-electron chi connectivity index (χ0n) is 15.8. The first kappa shape index (κ1) is 18.0. The van der Waals surface area contributed by atoms with Crippen LogP contribution in [0.5, 0.6) is 5.75 Å². The molecule has 1 aliphatic rings. The molecule has 134 valence electrons. The molecule has 25 heavy (non-hydrogen) atoms. The van der Waals surface area contributed by atoms with Crippen LogP contribution in [-0.2, 0) is 0 Å². The van der Waals surface area contributed by atoms with Gasteiger partial charge in [-0.05, 0) is 66.3 Å². The first-order chi connectivity index (χ1) is 12.3. The van der Waals surface area contributed by atoms with Crippen molar-refractivity contribution in [1.29, 1.82) is 0 Å². The highest BCUT2D eigenvalue weighted by Crippen LogP contribution is 2.38. The van der Waals surface area contributed by atoms with Gasteiger partial charge in [0.25, 0.3) is 0 Å². The zero-order valence-corrected chi connectivity index (χ0v) is 15.8. The van der Waals surface area contributed by atoms with Crippen LogP contribution in [0.1, 0.15) is 69.8 Å². The Morgan fingerprint density at radius 3 is 1.96 bits per heavy atom. The lowest BCUT2D eigenvalue weighted by molar-refractivity contribution is 0.303. The van der Waals surface area contributed by atoms with E-state index in [1.165, 1.54) is 68.1 Å². The standard InChI is InChI=1S/C24H32O/c1-3-4-5-6-19-7-9-20(10-8-19)21-11-13-22(14-12-21)23-15-17-24(25-2)18-16-23/h11-20H,3-10H2,1-2H3/t19-,20-. The van der Waals surface area contributed by atoms with Crippen molar-refractivity contribution in [3.63, 3.8) is 0 Å². The van der Waals surface area contributed by atoms with Gasteiger partial charge in [-0.25, -0.2) is 0 Å². The molecule has 2 aromatic rings. The third-order valence-electron chi connectivity index (χ3n) is 5.87. The summed E-state index contributed by atoms with van der Waals surface area (Å²) in [6.45, 7) is 2.30. The largest absolute Gasteiger partial charge is 0.497 e. The molecule has 1 heteroatoms. The lowest BCUT2D eigenvalue weighted by Gasteiger charge is -2.29. The molecule has 1 aliphatic carbocycles. The molecule has 0 heterocycles. The van der Waals surface area contributed by atoms with Crippen LogP contribution < -0.4 is 4.74 Å². The van der Waals surface area contributed by atoms with Crippen LogP contribution in [-0.4, -0.2) is 7.11 Å². The van der Waals surface area contributed by atoms with Crippen LogP contribution in [0, 0.1) is 5.92 Å². The number of rotatable bonds is 7. The molecule has 3 rings (SSSR count). The Kier molecular flexibility index (Phi) is 6.55. The van der Waals surface area contributed by atoms with Crippen molar-refractivity contribution in [3.8, 4) is 16.9 Å². The Morgan fingerprint density at radius 2 is 1.40 bits per heavy atom. The van der Waals surface area contributed by atoms with Gasteiger partial charge in [0.15, 0.2) is 0 Å². The Hall–Kier alpha value is -1.76. The lowest BCUT2D eigenvalue weighted by atomic mass is 9.77. The molecular weight excluding hydrogens is 304 g/mol. The quantitative estimate of drug-likeness (QED) is 0.485. The smallest absolute Gasteiger partial charge is 0.118 e. The molecule has 0 aromatic heterocycles. The second-order valence-electron chi connectivity index (χ2n) is 7.56. The van der Waals surface area contributed by atoms with Gasteiger partial charge in [-0.15, -0.1) is 0 Å².